The predicted molar refractivity (Wildman–Crippen MR) is 118 cm³/mol. The summed E-state index contributed by atoms with van der Waals surface area (Å²) in [5.41, 5.74) is 1.67. The SMILES string of the molecule is O=C(NC[C@@H]([C@@H]1CCOC1)N1CCOCC1)c1cccc(CN2CCS(=O)(=O)CC2)c1. The Balaban J connectivity index is 1.34. The van der Waals surface area contributed by atoms with Crippen LogP contribution in [-0.2, 0) is 25.9 Å². The Morgan fingerprint density at radius 3 is 2.58 bits per heavy atom. The van der Waals surface area contributed by atoms with Crippen molar-refractivity contribution in [1.82, 2.24) is 15.1 Å². The largest absolute Gasteiger partial charge is 0.381 e. The summed E-state index contributed by atoms with van der Waals surface area (Å²) < 4.78 is 34.4. The minimum Gasteiger partial charge on any atom is -0.381 e. The fraction of sp³-hybridized carbons (Fsp3) is 0.682. The third kappa shape index (κ3) is 6.26. The zero-order valence-corrected chi connectivity index (χ0v) is 18.8. The molecule has 1 aromatic carbocycles. The number of carbonyl (C=O) groups is 1. The highest BCUT2D eigenvalue weighted by Crippen LogP contribution is 2.22. The molecule has 31 heavy (non-hydrogen) atoms. The number of benzene rings is 1. The first-order valence-corrected chi connectivity index (χ1v) is 13.0. The molecule has 4 rings (SSSR count). The van der Waals surface area contributed by atoms with E-state index in [0.717, 1.165) is 51.5 Å². The van der Waals surface area contributed by atoms with Gasteiger partial charge in [0, 0.05) is 63.4 Å². The van der Waals surface area contributed by atoms with E-state index in [9.17, 15) is 13.2 Å². The number of morpholine rings is 1. The molecule has 3 aliphatic heterocycles. The molecule has 1 N–H and O–H groups in total. The van der Waals surface area contributed by atoms with E-state index in [-0.39, 0.29) is 23.5 Å². The summed E-state index contributed by atoms with van der Waals surface area (Å²) in [5.74, 6) is 0.780. The van der Waals surface area contributed by atoms with Crippen molar-refractivity contribution in [2.45, 2.75) is 19.0 Å². The van der Waals surface area contributed by atoms with Crippen LogP contribution in [-0.4, -0.2) is 101 Å². The van der Waals surface area contributed by atoms with E-state index in [2.05, 4.69) is 15.1 Å². The molecule has 2 atom stereocenters. The second kappa shape index (κ2) is 10.4. The molecule has 0 aliphatic carbocycles. The van der Waals surface area contributed by atoms with E-state index in [1.165, 1.54) is 0 Å². The maximum atomic E-state index is 12.9. The van der Waals surface area contributed by atoms with E-state index in [1.807, 2.05) is 24.3 Å². The lowest BCUT2D eigenvalue weighted by Crippen LogP contribution is -2.52. The molecular weight excluding hydrogens is 418 g/mol. The highest BCUT2D eigenvalue weighted by atomic mass is 32.2. The Labute approximate surface area is 184 Å². The second-order valence-electron chi connectivity index (χ2n) is 8.68. The number of hydrogen-bond acceptors (Lipinski definition) is 7. The van der Waals surface area contributed by atoms with Crippen molar-refractivity contribution in [2.24, 2.45) is 5.92 Å². The molecule has 1 amide bonds. The molecule has 1 aromatic rings. The number of ether oxygens (including phenoxy) is 2. The second-order valence-corrected chi connectivity index (χ2v) is 11.0. The van der Waals surface area contributed by atoms with Crippen LogP contribution in [0.4, 0.5) is 0 Å². The summed E-state index contributed by atoms with van der Waals surface area (Å²) >= 11 is 0. The van der Waals surface area contributed by atoms with Gasteiger partial charge in [-0.3, -0.25) is 14.6 Å². The van der Waals surface area contributed by atoms with Crippen LogP contribution in [0.15, 0.2) is 24.3 Å². The number of nitrogens with one attached hydrogen (secondary N) is 1. The summed E-state index contributed by atoms with van der Waals surface area (Å²) in [6.45, 7) is 7.13. The number of carbonyl (C=O) groups excluding carboxylic acids is 1. The van der Waals surface area contributed by atoms with Gasteiger partial charge in [-0.1, -0.05) is 12.1 Å². The van der Waals surface area contributed by atoms with Crippen molar-refractivity contribution in [3.63, 3.8) is 0 Å². The molecule has 3 saturated heterocycles. The van der Waals surface area contributed by atoms with Gasteiger partial charge >= 0.3 is 0 Å². The fourth-order valence-corrected chi connectivity index (χ4v) is 5.91. The maximum Gasteiger partial charge on any atom is 0.251 e. The summed E-state index contributed by atoms with van der Waals surface area (Å²) in [6, 6.07) is 7.90. The van der Waals surface area contributed by atoms with Gasteiger partial charge in [0.25, 0.3) is 5.91 Å². The highest BCUT2D eigenvalue weighted by Gasteiger charge is 2.32. The van der Waals surface area contributed by atoms with Gasteiger partial charge in [0.15, 0.2) is 9.84 Å². The van der Waals surface area contributed by atoms with Crippen LogP contribution >= 0.6 is 0 Å². The Bertz CT molecular complexity index is 836. The summed E-state index contributed by atoms with van der Waals surface area (Å²) in [7, 11) is -2.89. The fourth-order valence-electron chi connectivity index (χ4n) is 4.64. The Hall–Kier alpha value is -1.52. The van der Waals surface area contributed by atoms with E-state index >= 15 is 0 Å². The van der Waals surface area contributed by atoms with Crippen LogP contribution in [0, 0.1) is 5.92 Å². The predicted octanol–water partition coefficient (Wildman–Crippen LogP) is 0.384. The minimum atomic E-state index is -2.89. The van der Waals surface area contributed by atoms with Crippen LogP contribution in [0.3, 0.4) is 0 Å². The average molecular weight is 452 g/mol. The van der Waals surface area contributed by atoms with Crippen molar-refractivity contribution in [1.29, 1.82) is 0 Å². The monoisotopic (exact) mass is 451 g/mol. The standard InChI is InChI=1S/C22H33N3O5S/c26-22(23-15-21(20-4-9-30-17-20)25-5-10-29-11-6-25)19-3-1-2-18(14-19)16-24-7-12-31(27,28)13-8-24/h1-3,14,20-21H,4-13,15-17H2,(H,23,26)/t20-,21+/m1/s1. The Morgan fingerprint density at radius 2 is 1.87 bits per heavy atom. The van der Waals surface area contributed by atoms with Crippen molar-refractivity contribution in [2.75, 3.05) is 70.7 Å². The van der Waals surface area contributed by atoms with E-state index in [0.29, 0.717) is 37.7 Å². The summed E-state index contributed by atoms with van der Waals surface area (Å²) in [4.78, 5) is 17.5. The van der Waals surface area contributed by atoms with E-state index in [4.69, 9.17) is 9.47 Å². The van der Waals surface area contributed by atoms with Gasteiger partial charge in [0.2, 0.25) is 0 Å². The van der Waals surface area contributed by atoms with Gasteiger partial charge in [0.1, 0.15) is 0 Å². The molecule has 0 spiro atoms. The number of hydrogen-bond donors (Lipinski definition) is 1. The zero-order chi connectivity index (χ0) is 21.7. The molecule has 172 valence electrons. The van der Waals surface area contributed by atoms with Crippen LogP contribution in [0.2, 0.25) is 0 Å². The number of rotatable bonds is 7. The first kappa shape index (κ1) is 22.7. The highest BCUT2D eigenvalue weighted by molar-refractivity contribution is 7.91. The molecule has 8 nitrogen and oxygen atoms in total. The minimum absolute atomic E-state index is 0.0692. The molecule has 0 saturated carbocycles. The summed E-state index contributed by atoms with van der Waals surface area (Å²) in [5, 5.41) is 3.14. The lowest BCUT2D eigenvalue weighted by atomic mass is 9.96. The molecule has 0 bridgehead atoms. The zero-order valence-electron chi connectivity index (χ0n) is 18.0. The topological polar surface area (TPSA) is 88.2 Å². The molecule has 3 aliphatic rings. The van der Waals surface area contributed by atoms with Gasteiger partial charge in [-0.05, 0) is 24.1 Å². The number of amides is 1. The average Bonchev–Trinajstić information content (AvgIpc) is 3.31. The van der Waals surface area contributed by atoms with Gasteiger partial charge < -0.3 is 14.8 Å². The summed E-state index contributed by atoms with van der Waals surface area (Å²) in [6.07, 6.45) is 1.03. The molecule has 0 unspecified atom stereocenters. The van der Waals surface area contributed by atoms with Crippen LogP contribution < -0.4 is 5.32 Å². The quantitative estimate of drug-likeness (QED) is 0.641. The lowest BCUT2D eigenvalue weighted by Gasteiger charge is -2.37. The number of sulfone groups is 1. The smallest absolute Gasteiger partial charge is 0.251 e. The normalized spacial score (nSPS) is 25.9. The first-order valence-electron chi connectivity index (χ1n) is 11.2. The molecule has 0 radical (unpaired) electrons. The Morgan fingerprint density at radius 1 is 1.10 bits per heavy atom. The van der Waals surface area contributed by atoms with E-state index < -0.39 is 9.84 Å². The molecule has 9 heteroatoms. The molecule has 0 aromatic heterocycles. The number of nitrogens with zero attached hydrogens (tertiary/aromatic N) is 2. The van der Waals surface area contributed by atoms with Crippen LogP contribution in [0.1, 0.15) is 22.3 Å². The molecule has 3 fully saturated rings. The van der Waals surface area contributed by atoms with Crippen molar-refractivity contribution in [3.8, 4) is 0 Å². The van der Waals surface area contributed by atoms with Crippen molar-refractivity contribution < 1.29 is 22.7 Å². The maximum absolute atomic E-state index is 12.9. The lowest BCUT2D eigenvalue weighted by molar-refractivity contribution is 0.00166. The Kier molecular flexibility index (Phi) is 7.60. The first-order chi connectivity index (χ1) is 15.0. The third-order valence-electron chi connectivity index (χ3n) is 6.53. The van der Waals surface area contributed by atoms with E-state index in [1.54, 1.807) is 0 Å². The van der Waals surface area contributed by atoms with Crippen molar-refractivity contribution >= 4 is 15.7 Å². The third-order valence-corrected chi connectivity index (χ3v) is 8.14. The van der Waals surface area contributed by atoms with Gasteiger partial charge in [-0.2, -0.15) is 0 Å². The molecule has 3 heterocycles. The van der Waals surface area contributed by atoms with Crippen LogP contribution in [0.25, 0.3) is 0 Å². The van der Waals surface area contributed by atoms with Gasteiger partial charge in [0.05, 0.1) is 31.3 Å². The van der Waals surface area contributed by atoms with Crippen LogP contribution in [0.5, 0.6) is 0 Å². The van der Waals surface area contributed by atoms with Gasteiger partial charge in [-0.15, -0.1) is 0 Å². The molecular formula is C22H33N3O5S. The van der Waals surface area contributed by atoms with Crippen molar-refractivity contribution in [3.05, 3.63) is 35.4 Å². The van der Waals surface area contributed by atoms with Gasteiger partial charge in [-0.25, -0.2) is 8.42 Å².